The number of fused-ring (bicyclic) bond motifs is 4. The highest BCUT2D eigenvalue weighted by molar-refractivity contribution is 5.94. The zero-order chi connectivity index (χ0) is 21.8. The van der Waals surface area contributed by atoms with Gasteiger partial charge in [-0.05, 0) is 17.2 Å². The van der Waals surface area contributed by atoms with Crippen molar-refractivity contribution in [2.75, 3.05) is 18.5 Å². The predicted molar refractivity (Wildman–Crippen MR) is 123 cm³/mol. The summed E-state index contributed by atoms with van der Waals surface area (Å²) in [4.78, 5) is 14.2. The number of hydrogen-bond acceptors (Lipinski definition) is 5. The molecule has 4 heterocycles. The molecule has 8 nitrogen and oxygen atoms in total. The molecule has 0 aliphatic carbocycles. The molecule has 0 saturated carbocycles. The van der Waals surface area contributed by atoms with Gasteiger partial charge in [0.25, 0.3) is 0 Å². The van der Waals surface area contributed by atoms with Crippen LogP contribution in [0.3, 0.4) is 0 Å². The lowest BCUT2D eigenvalue weighted by Gasteiger charge is -2.17. The molecule has 0 unspecified atom stereocenters. The van der Waals surface area contributed by atoms with Gasteiger partial charge in [-0.2, -0.15) is 0 Å². The van der Waals surface area contributed by atoms with Crippen molar-refractivity contribution in [1.29, 1.82) is 5.41 Å². The van der Waals surface area contributed by atoms with Gasteiger partial charge in [0.05, 0.1) is 24.7 Å². The maximum absolute atomic E-state index is 10.4. The summed E-state index contributed by atoms with van der Waals surface area (Å²) in [5.41, 5.74) is 5.92. The molecule has 0 spiro atoms. The van der Waals surface area contributed by atoms with Crippen LogP contribution in [0.4, 0.5) is 5.69 Å². The van der Waals surface area contributed by atoms with Crippen molar-refractivity contribution in [3.63, 3.8) is 0 Å². The lowest BCUT2D eigenvalue weighted by Crippen LogP contribution is -2.21. The third-order valence-corrected chi connectivity index (χ3v) is 6.40. The zero-order valence-corrected chi connectivity index (χ0v) is 17.7. The fourth-order valence-corrected chi connectivity index (χ4v) is 4.99. The first kappa shape index (κ1) is 18.7. The monoisotopic (exact) mass is 425 g/mol. The lowest BCUT2D eigenvalue weighted by molar-refractivity contribution is 0.480. The zero-order valence-electron chi connectivity index (χ0n) is 17.7. The third-order valence-electron chi connectivity index (χ3n) is 6.40. The molecular formula is C24H23N7O. The molecule has 2 aromatic carbocycles. The van der Waals surface area contributed by atoms with E-state index in [1.165, 1.54) is 11.1 Å². The molecule has 160 valence electrons. The van der Waals surface area contributed by atoms with Crippen LogP contribution < -0.4 is 10.4 Å². The van der Waals surface area contributed by atoms with Crippen molar-refractivity contribution in [2.24, 2.45) is 0 Å². The Morgan fingerprint density at radius 2 is 1.94 bits per heavy atom. The summed E-state index contributed by atoms with van der Waals surface area (Å²) in [6.45, 7) is 2.22. The van der Waals surface area contributed by atoms with E-state index in [1.54, 1.807) is 12.7 Å². The summed E-state index contributed by atoms with van der Waals surface area (Å²) >= 11 is 0. The van der Waals surface area contributed by atoms with Crippen LogP contribution in [-0.4, -0.2) is 42.8 Å². The molecule has 8 heteroatoms. The maximum atomic E-state index is 10.4. The summed E-state index contributed by atoms with van der Waals surface area (Å²) in [5.74, 6) is 0.480. The number of aromatic hydroxyl groups is 1. The van der Waals surface area contributed by atoms with Crippen LogP contribution in [0.5, 0.6) is 5.75 Å². The predicted octanol–water partition coefficient (Wildman–Crippen LogP) is 3.18. The van der Waals surface area contributed by atoms with Crippen LogP contribution >= 0.6 is 0 Å². The van der Waals surface area contributed by atoms with Gasteiger partial charge in [-0.25, -0.2) is 9.97 Å². The minimum atomic E-state index is 0.185. The molecular weight excluding hydrogens is 402 g/mol. The number of rotatable bonds is 4. The van der Waals surface area contributed by atoms with Gasteiger partial charge in [-0.3, -0.25) is 5.41 Å². The van der Waals surface area contributed by atoms with Crippen LogP contribution in [0.1, 0.15) is 17.0 Å². The topological polar surface area (TPSA) is 98.8 Å². The molecule has 6 rings (SSSR count). The number of anilines is 1. The maximum Gasteiger partial charge on any atom is 0.176 e. The van der Waals surface area contributed by atoms with E-state index in [2.05, 4.69) is 48.2 Å². The number of nitrogens with one attached hydrogen (secondary N) is 2. The second kappa shape index (κ2) is 6.98. The highest BCUT2D eigenvalue weighted by Gasteiger charge is 2.31. The van der Waals surface area contributed by atoms with Gasteiger partial charge in [-0.15, -0.1) is 0 Å². The number of hydrogen-bond donors (Lipinski definition) is 3. The molecule has 0 saturated heterocycles. The number of imidazole rings is 1. The Balaban J connectivity index is 1.46. The van der Waals surface area contributed by atoms with E-state index in [-0.39, 0.29) is 17.2 Å². The SMILES string of the molecule is CN1C[C@@H](Cn2cnc(=N)c3ncn(Cc4ccccc4)c32)c2c1cc(O)c1[nH]ccc21. The second-order valence-electron chi connectivity index (χ2n) is 8.45. The Kier molecular flexibility index (Phi) is 4.07. The van der Waals surface area contributed by atoms with Crippen LogP contribution in [0.25, 0.3) is 22.1 Å². The molecule has 0 radical (unpaired) electrons. The largest absolute Gasteiger partial charge is 0.506 e. The molecule has 0 amide bonds. The number of phenols is 1. The van der Waals surface area contributed by atoms with Crippen molar-refractivity contribution in [3.8, 4) is 5.75 Å². The number of nitrogens with zero attached hydrogens (tertiary/aromatic N) is 5. The van der Waals surface area contributed by atoms with Crippen LogP contribution in [0, 0.1) is 5.41 Å². The van der Waals surface area contributed by atoms with E-state index in [9.17, 15) is 5.11 Å². The van der Waals surface area contributed by atoms with Crippen LogP contribution in [0.15, 0.2) is 61.3 Å². The van der Waals surface area contributed by atoms with Gasteiger partial charge in [0.15, 0.2) is 5.49 Å². The van der Waals surface area contributed by atoms with Gasteiger partial charge in [0.1, 0.15) is 16.9 Å². The summed E-state index contributed by atoms with van der Waals surface area (Å²) in [5, 5.41) is 19.7. The summed E-state index contributed by atoms with van der Waals surface area (Å²) < 4.78 is 4.20. The molecule has 3 aromatic heterocycles. The minimum Gasteiger partial charge on any atom is -0.506 e. The van der Waals surface area contributed by atoms with Crippen molar-refractivity contribution < 1.29 is 5.11 Å². The fraction of sp³-hybridized carbons (Fsp3) is 0.208. The molecule has 0 fully saturated rings. The Morgan fingerprint density at radius 1 is 1.12 bits per heavy atom. The quantitative estimate of drug-likeness (QED) is 0.412. The first-order valence-corrected chi connectivity index (χ1v) is 10.6. The standard InChI is InChI=1S/C24H23N7O/c1-29-11-16(20-17-7-8-26-21(17)19(32)9-18(20)29)12-31-14-28-23(25)22-24(31)30(13-27-22)10-15-5-3-2-4-6-15/h2-9,13-14,16,25-26,32H,10-12H2,1H3/t16-/m0/s1. The number of aromatic amines is 1. The normalized spacial score (nSPS) is 15.7. The highest BCUT2D eigenvalue weighted by atomic mass is 16.3. The van der Waals surface area contributed by atoms with E-state index in [4.69, 9.17) is 5.41 Å². The van der Waals surface area contributed by atoms with Crippen LogP contribution in [0.2, 0.25) is 0 Å². The number of aromatic nitrogens is 5. The Hall–Kier alpha value is -4.07. The summed E-state index contributed by atoms with van der Waals surface area (Å²) in [6, 6.07) is 14.1. The molecule has 0 bridgehead atoms. The number of phenolic OH excluding ortho intramolecular Hbond substituents is 1. The second-order valence-corrected chi connectivity index (χ2v) is 8.45. The number of benzene rings is 2. The Labute approximate surface area is 183 Å². The van der Waals surface area contributed by atoms with Crippen molar-refractivity contribution >= 4 is 27.8 Å². The van der Waals surface area contributed by atoms with Gasteiger partial charge >= 0.3 is 0 Å². The average molecular weight is 425 g/mol. The lowest BCUT2D eigenvalue weighted by atomic mass is 9.97. The van der Waals surface area contributed by atoms with Gasteiger partial charge in [0.2, 0.25) is 0 Å². The fourth-order valence-electron chi connectivity index (χ4n) is 4.99. The van der Waals surface area contributed by atoms with E-state index < -0.39 is 0 Å². The van der Waals surface area contributed by atoms with Crippen molar-refractivity contribution in [2.45, 2.75) is 19.0 Å². The Morgan fingerprint density at radius 3 is 2.78 bits per heavy atom. The minimum absolute atomic E-state index is 0.185. The van der Waals surface area contributed by atoms with Crippen molar-refractivity contribution in [1.82, 2.24) is 24.1 Å². The molecule has 1 atom stereocenters. The molecule has 1 aliphatic heterocycles. The van der Waals surface area contributed by atoms with Gasteiger partial charge in [-0.1, -0.05) is 30.3 Å². The van der Waals surface area contributed by atoms with E-state index in [0.717, 1.165) is 28.8 Å². The summed E-state index contributed by atoms with van der Waals surface area (Å²) in [7, 11) is 2.06. The smallest absolute Gasteiger partial charge is 0.176 e. The van der Waals surface area contributed by atoms with Crippen molar-refractivity contribution in [3.05, 3.63) is 77.9 Å². The first-order valence-electron chi connectivity index (χ1n) is 10.6. The number of likely N-dealkylation sites (N-methyl/N-ethyl adjacent to an activating group) is 1. The van der Waals surface area contributed by atoms with E-state index >= 15 is 0 Å². The van der Waals surface area contributed by atoms with Gasteiger partial charge < -0.3 is 24.1 Å². The Bertz CT molecular complexity index is 1510. The summed E-state index contributed by atoms with van der Waals surface area (Å²) in [6.07, 6.45) is 5.42. The van der Waals surface area contributed by atoms with E-state index in [0.29, 0.717) is 18.6 Å². The molecule has 5 aromatic rings. The van der Waals surface area contributed by atoms with Crippen LogP contribution in [-0.2, 0) is 13.1 Å². The third kappa shape index (κ3) is 2.80. The highest BCUT2D eigenvalue weighted by Crippen LogP contribution is 2.44. The first-order chi connectivity index (χ1) is 15.6. The van der Waals surface area contributed by atoms with E-state index in [1.807, 2.05) is 36.5 Å². The number of H-pyrrole nitrogens is 1. The van der Waals surface area contributed by atoms with Gasteiger partial charge in [0, 0.05) is 49.4 Å². The molecule has 1 aliphatic rings. The molecule has 32 heavy (non-hydrogen) atoms. The average Bonchev–Trinajstić information content (AvgIpc) is 3.50. The molecule has 3 N–H and O–H groups in total.